The highest BCUT2D eigenvalue weighted by atomic mass is 35.5. The lowest BCUT2D eigenvalue weighted by Gasteiger charge is -2.10. The minimum Gasteiger partial charge on any atom is -0.493 e. The van der Waals surface area contributed by atoms with Gasteiger partial charge in [0, 0.05) is 33.1 Å². The monoisotopic (exact) mass is 450 g/mol. The Labute approximate surface area is 181 Å². The van der Waals surface area contributed by atoms with Gasteiger partial charge in [-0.15, -0.1) is 11.3 Å². The maximum Gasteiger partial charge on any atom is 0.264 e. The molecule has 2 aromatic carbocycles. The number of methoxy groups -OCH3 is 1. The summed E-state index contributed by atoms with van der Waals surface area (Å²) < 4.78 is 10.7. The highest BCUT2D eigenvalue weighted by Gasteiger charge is 2.11. The van der Waals surface area contributed by atoms with E-state index < -0.39 is 0 Å². The Balaban J connectivity index is 1.58. The summed E-state index contributed by atoms with van der Waals surface area (Å²) in [7, 11) is 1.48. The van der Waals surface area contributed by atoms with Gasteiger partial charge >= 0.3 is 0 Å². The van der Waals surface area contributed by atoms with Crippen molar-refractivity contribution in [3.05, 3.63) is 68.6 Å². The standard InChI is InChI=1S/C20H16Cl2N2O4S/c1-27-17-3-2-12(10-25)7-18(17)28-11-19(26)24-20-23-9-16(29-20)6-13-4-14(21)8-15(22)5-13/h2-5,7-10H,6,11H2,1H3,(H,23,24,26). The van der Waals surface area contributed by atoms with Gasteiger partial charge < -0.3 is 9.47 Å². The normalized spacial score (nSPS) is 10.4. The molecule has 3 aromatic rings. The van der Waals surface area contributed by atoms with Crippen LogP contribution < -0.4 is 14.8 Å². The number of benzene rings is 2. The highest BCUT2D eigenvalue weighted by Crippen LogP contribution is 2.28. The summed E-state index contributed by atoms with van der Waals surface area (Å²) in [6.45, 7) is -0.252. The molecular formula is C20H16Cl2N2O4S. The predicted molar refractivity (Wildman–Crippen MR) is 114 cm³/mol. The van der Waals surface area contributed by atoms with Gasteiger partial charge in [-0.2, -0.15) is 0 Å². The summed E-state index contributed by atoms with van der Waals surface area (Å²) in [6, 6.07) is 10.1. The Hall–Kier alpha value is -2.61. The van der Waals surface area contributed by atoms with E-state index in [2.05, 4.69) is 10.3 Å². The molecule has 1 aromatic heterocycles. The van der Waals surface area contributed by atoms with Gasteiger partial charge in [-0.25, -0.2) is 4.98 Å². The van der Waals surface area contributed by atoms with Crippen molar-refractivity contribution >= 4 is 51.9 Å². The van der Waals surface area contributed by atoms with Crippen molar-refractivity contribution in [3.8, 4) is 11.5 Å². The molecule has 3 rings (SSSR count). The van der Waals surface area contributed by atoms with Crippen molar-refractivity contribution in [1.82, 2.24) is 4.98 Å². The molecule has 0 saturated heterocycles. The third-order valence-electron chi connectivity index (χ3n) is 3.78. The van der Waals surface area contributed by atoms with E-state index in [9.17, 15) is 9.59 Å². The van der Waals surface area contributed by atoms with E-state index in [1.54, 1.807) is 24.4 Å². The number of aromatic nitrogens is 1. The number of thiazole rings is 1. The van der Waals surface area contributed by atoms with Crippen molar-refractivity contribution in [1.29, 1.82) is 0 Å². The summed E-state index contributed by atoms with van der Waals surface area (Å²) in [6.07, 6.45) is 2.98. The zero-order chi connectivity index (χ0) is 20.8. The molecule has 0 aliphatic heterocycles. The van der Waals surface area contributed by atoms with Gasteiger partial charge in [0.1, 0.15) is 6.29 Å². The Morgan fingerprint density at radius 1 is 1.17 bits per heavy atom. The smallest absolute Gasteiger partial charge is 0.264 e. The van der Waals surface area contributed by atoms with Crippen molar-refractivity contribution < 1.29 is 19.1 Å². The lowest BCUT2D eigenvalue weighted by Crippen LogP contribution is -2.20. The molecule has 0 spiro atoms. The van der Waals surface area contributed by atoms with Crippen LogP contribution in [0.1, 0.15) is 20.8 Å². The number of carbonyl (C=O) groups excluding carboxylic acids is 2. The van der Waals surface area contributed by atoms with Gasteiger partial charge in [-0.3, -0.25) is 14.9 Å². The minimum absolute atomic E-state index is 0.252. The first-order valence-corrected chi connectivity index (χ1v) is 9.99. The highest BCUT2D eigenvalue weighted by molar-refractivity contribution is 7.15. The first-order valence-electron chi connectivity index (χ1n) is 8.42. The van der Waals surface area contributed by atoms with Crippen molar-refractivity contribution in [3.63, 3.8) is 0 Å². The number of hydrogen-bond acceptors (Lipinski definition) is 6. The Bertz CT molecular complexity index is 1020. The fraction of sp³-hybridized carbons (Fsp3) is 0.150. The largest absolute Gasteiger partial charge is 0.493 e. The zero-order valence-corrected chi connectivity index (χ0v) is 17.6. The maximum atomic E-state index is 12.2. The van der Waals surface area contributed by atoms with Crippen LogP contribution in [0.3, 0.4) is 0 Å². The molecule has 0 aliphatic carbocycles. The summed E-state index contributed by atoms with van der Waals surface area (Å²) in [5.74, 6) is 0.361. The van der Waals surface area contributed by atoms with Gasteiger partial charge in [-0.05, 0) is 42.0 Å². The van der Waals surface area contributed by atoms with E-state index in [1.807, 2.05) is 12.1 Å². The van der Waals surface area contributed by atoms with Crippen molar-refractivity contribution in [2.75, 3.05) is 19.0 Å². The Morgan fingerprint density at radius 3 is 2.62 bits per heavy atom. The Morgan fingerprint density at radius 2 is 1.93 bits per heavy atom. The summed E-state index contributed by atoms with van der Waals surface area (Å²) in [5.41, 5.74) is 1.38. The zero-order valence-electron chi connectivity index (χ0n) is 15.3. The topological polar surface area (TPSA) is 77.5 Å². The van der Waals surface area contributed by atoms with Crippen molar-refractivity contribution in [2.45, 2.75) is 6.42 Å². The summed E-state index contributed by atoms with van der Waals surface area (Å²) in [4.78, 5) is 28.2. The van der Waals surface area contributed by atoms with E-state index in [-0.39, 0.29) is 12.5 Å². The molecule has 0 atom stereocenters. The summed E-state index contributed by atoms with van der Waals surface area (Å²) in [5, 5.41) is 4.28. The van der Waals surface area contributed by atoms with Crippen LogP contribution in [-0.4, -0.2) is 30.9 Å². The predicted octanol–water partition coefficient (Wildman–Crippen LogP) is 4.88. The van der Waals surface area contributed by atoms with Crippen LogP contribution in [0.15, 0.2) is 42.6 Å². The fourth-order valence-corrected chi connectivity index (χ4v) is 3.97. The molecule has 0 saturated carbocycles. The van der Waals surface area contributed by atoms with Crippen molar-refractivity contribution in [2.24, 2.45) is 0 Å². The molecule has 0 unspecified atom stereocenters. The third kappa shape index (κ3) is 5.93. The fourth-order valence-electron chi connectivity index (χ4n) is 2.54. The average molecular weight is 451 g/mol. The van der Waals surface area contributed by atoms with Gasteiger partial charge in [0.25, 0.3) is 5.91 Å². The van der Waals surface area contributed by atoms with Crippen LogP contribution in [0.4, 0.5) is 5.13 Å². The van der Waals surface area contributed by atoms with E-state index >= 15 is 0 Å². The number of halogens is 2. The number of amides is 1. The van der Waals surface area contributed by atoms with Crippen LogP contribution in [-0.2, 0) is 11.2 Å². The van der Waals surface area contributed by atoms with Crippen LogP contribution in [0, 0.1) is 0 Å². The number of anilines is 1. The molecule has 0 bridgehead atoms. The Kier molecular flexibility index (Phi) is 7.09. The average Bonchev–Trinajstić information content (AvgIpc) is 3.11. The van der Waals surface area contributed by atoms with E-state index in [0.29, 0.717) is 44.9 Å². The van der Waals surface area contributed by atoms with Crippen LogP contribution >= 0.6 is 34.5 Å². The molecule has 29 heavy (non-hydrogen) atoms. The lowest BCUT2D eigenvalue weighted by atomic mass is 10.1. The minimum atomic E-state index is -0.379. The third-order valence-corrected chi connectivity index (χ3v) is 5.13. The number of aldehydes is 1. The number of ether oxygens (including phenoxy) is 2. The summed E-state index contributed by atoms with van der Waals surface area (Å²) >= 11 is 13.4. The quantitative estimate of drug-likeness (QED) is 0.494. The molecule has 0 aliphatic rings. The molecule has 1 amide bonds. The molecule has 150 valence electrons. The van der Waals surface area contributed by atoms with Gasteiger partial charge in [0.05, 0.1) is 7.11 Å². The first-order chi connectivity index (χ1) is 14.0. The number of nitrogens with one attached hydrogen (secondary N) is 1. The maximum absolute atomic E-state index is 12.2. The molecule has 1 heterocycles. The van der Waals surface area contributed by atoms with Gasteiger partial charge in [0.15, 0.2) is 23.2 Å². The number of hydrogen-bond donors (Lipinski definition) is 1. The molecule has 0 fully saturated rings. The second-order valence-corrected chi connectivity index (χ2v) is 7.94. The SMILES string of the molecule is COc1ccc(C=O)cc1OCC(=O)Nc1ncc(Cc2cc(Cl)cc(Cl)c2)s1. The number of rotatable bonds is 8. The second-order valence-electron chi connectivity index (χ2n) is 5.95. The van der Waals surface area contributed by atoms with Crippen LogP contribution in [0.2, 0.25) is 10.0 Å². The van der Waals surface area contributed by atoms with Crippen LogP contribution in [0.5, 0.6) is 11.5 Å². The van der Waals surface area contributed by atoms with Crippen LogP contribution in [0.25, 0.3) is 0 Å². The number of carbonyl (C=O) groups is 2. The van der Waals surface area contributed by atoms with E-state index in [4.69, 9.17) is 32.7 Å². The number of nitrogens with zero attached hydrogens (tertiary/aromatic N) is 1. The molecule has 1 N–H and O–H groups in total. The lowest BCUT2D eigenvalue weighted by molar-refractivity contribution is -0.118. The molecular weight excluding hydrogens is 435 g/mol. The van der Waals surface area contributed by atoms with E-state index in [0.717, 1.165) is 10.4 Å². The van der Waals surface area contributed by atoms with E-state index in [1.165, 1.54) is 24.5 Å². The van der Waals surface area contributed by atoms with Gasteiger partial charge in [0.2, 0.25) is 0 Å². The molecule has 0 radical (unpaired) electrons. The second kappa shape index (κ2) is 9.73. The first kappa shape index (κ1) is 21.1. The molecule has 6 nitrogen and oxygen atoms in total. The van der Waals surface area contributed by atoms with Gasteiger partial charge in [-0.1, -0.05) is 23.2 Å². The molecule has 9 heteroatoms.